The number of sulfonamides is 1. The molecule has 3 rings (SSSR count). The van der Waals surface area contributed by atoms with Crippen LogP contribution in [-0.4, -0.2) is 48.4 Å². The molecule has 1 aliphatic heterocycles. The van der Waals surface area contributed by atoms with Crippen molar-refractivity contribution in [3.05, 3.63) is 42.5 Å². The Morgan fingerprint density at radius 2 is 1.78 bits per heavy atom. The normalized spacial score (nSPS) is 16.1. The molecule has 8 nitrogen and oxygen atoms in total. The van der Waals surface area contributed by atoms with E-state index < -0.39 is 22.1 Å². The van der Waals surface area contributed by atoms with Gasteiger partial charge >= 0.3 is 5.97 Å². The van der Waals surface area contributed by atoms with Crippen molar-refractivity contribution in [3.8, 4) is 17.2 Å². The molecular formula is C18H19NO7S. The van der Waals surface area contributed by atoms with Crippen molar-refractivity contribution in [2.45, 2.75) is 11.0 Å². The van der Waals surface area contributed by atoms with Crippen molar-refractivity contribution in [3.63, 3.8) is 0 Å². The van der Waals surface area contributed by atoms with E-state index >= 15 is 0 Å². The Labute approximate surface area is 157 Å². The summed E-state index contributed by atoms with van der Waals surface area (Å²) in [5.74, 6) is 0.316. The second-order valence-corrected chi connectivity index (χ2v) is 7.51. The predicted molar refractivity (Wildman–Crippen MR) is 97.0 cm³/mol. The summed E-state index contributed by atoms with van der Waals surface area (Å²) in [6.45, 7) is -0.208. The molecule has 0 amide bonds. The summed E-state index contributed by atoms with van der Waals surface area (Å²) in [6.07, 6.45) is -1.07. The standard InChI is InChI=1S/C18H19NO7S/c1-23-15-9-8-12(10-16(15)24-2)27(21,22)19-11-17(18(20)25-3)26-14-7-5-4-6-13(14)19/h4-10,17H,11H2,1-3H3. The molecule has 0 radical (unpaired) electrons. The number of hydrogen-bond acceptors (Lipinski definition) is 7. The Morgan fingerprint density at radius 1 is 1.07 bits per heavy atom. The van der Waals surface area contributed by atoms with Crippen molar-refractivity contribution in [2.24, 2.45) is 0 Å². The van der Waals surface area contributed by atoms with Crippen LogP contribution in [0.25, 0.3) is 0 Å². The van der Waals surface area contributed by atoms with Crippen molar-refractivity contribution in [1.82, 2.24) is 0 Å². The second kappa shape index (κ2) is 7.36. The molecule has 0 saturated heterocycles. The largest absolute Gasteiger partial charge is 0.493 e. The summed E-state index contributed by atoms with van der Waals surface area (Å²) in [5, 5.41) is 0. The highest BCUT2D eigenvalue weighted by Gasteiger charge is 2.38. The second-order valence-electron chi connectivity index (χ2n) is 5.65. The van der Waals surface area contributed by atoms with Gasteiger partial charge in [0.15, 0.2) is 11.5 Å². The van der Waals surface area contributed by atoms with Gasteiger partial charge in [0.1, 0.15) is 5.75 Å². The molecule has 1 unspecified atom stereocenters. The van der Waals surface area contributed by atoms with Crippen LogP contribution in [0.1, 0.15) is 0 Å². The van der Waals surface area contributed by atoms with E-state index in [1.165, 1.54) is 39.5 Å². The van der Waals surface area contributed by atoms with E-state index in [4.69, 9.17) is 18.9 Å². The van der Waals surface area contributed by atoms with Gasteiger partial charge in [-0.3, -0.25) is 4.31 Å². The maximum absolute atomic E-state index is 13.3. The van der Waals surface area contributed by atoms with Crippen LogP contribution in [0.4, 0.5) is 5.69 Å². The Morgan fingerprint density at radius 3 is 2.44 bits per heavy atom. The lowest BCUT2D eigenvalue weighted by atomic mass is 10.2. The lowest BCUT2D eigenvalue weighted by Gasteiger charge is -2.34. The first-order valence-corrected chi connectivity index (χ1v) is 9.44. The van der Waals surface area contributed by atoms with Crippen LogP contribution in [0.2, 0.25) is 0 Å². The molecule has 2 aromatic carbocycles. The van der Waals surface area contributed by atoms with Crippen LogP contribution >= 0.6 is 0 Å². The lowest BCUT2D eigenvalue weighted by Crippen LogP contribution is -2.47. The van der Waals surface area contributed by atoms with Gasteiger partial charge in [-0.1, -0.05) is 12.1 Å². The van der Waals surface area contributed by atoms with Crippen LogP contribution in [0.15, 0.2) is 47.4 Å². The Balaban J connectivity index is 2.08. The maximum atomic E-state index is 13.3. The molecule has 2 aromatic rings. The molecule has 1 aliphatic rings. The number of carbonyl (C=O) groups excluding carboxylic acids is 1. The average molecular weight is 393 g/mol. The third-order valence-electron chi connectivity index (χ3n) is 4.14. The Hall–Kier alpha value is -2.94. The van der Waals surface area contributed by atoms with E-state index in [1.807, 2.05) is 0 Å². The fraction of sp³-hybridized carbons (Fsp3) is 0.278. The number of carbonyl (C=O) groups is 1. The summed E-state index contributed by atoms with van der Waals surface area (Å²) in [5.41, 5.74) is 0.340. The first-order valence-electron chi connectivity index (χ1n) is 8.00. The molecule has 0 N–H and O–H groups in total. The fourth-order valence-corrected chi connectivity index (χ4v) is 4.28. The molecule has 0 bridgehead atoms. The van der Waals surface area contributed by atoms with Gasteiger partial charge < -0.3 is 18.9 Å². The number of methoxy groups -OCH3 is 3. The maximum Gasteiger partial charge on any atom is 0.348 e. The SMILES string of the molecule is COC(=O)C1CN(S(=O)(=O)c2ccc(OC)c(OC)c2)c2ccccc2O1. The van der Waals surface area contributed by atoms with Gasteiger partial charge in [-0.2, -0.15) is 0 Å². The summed E-state index contributed by atoms with van der Waals surface area (Å²) < 4.78 is 48.4. The van der Waals surface area contributed by atoms with E-state index in [9.17, 15) is 13.2 Å². The third-order valence-corrected chi connectivity index (χ3v) is 5.92. The minimum atomic E-state index is -4.00. The van der Waals surface area contributed by atoms with Crippen LogP contribution in [0.3, 0.4) is 0 Å². The molecule has 0 fully saturated rings. The molecular weight excluding hydrogens is 374 g/mol. The molecule has 0 aliphatic carbocycles. The predicted octanol–water partition coefficient (Wildman–Crippen LogP) is 1.83. The lowest BCUT2D eigenvalue weighted by molar-refractivity contribution is -0.148. The van der Waals surface area contributed by atoms with Crippen LogP contribution in [-0.2, 0) is 19.6 Å². The van der Waals surface area contributed by atoms with Crippen molar-refractivity contribution in [1.29, 1.82) is 0 Å². The smallest absolute Gasteiger partial charge is 0.348 e. The van der Waals surface area contributed by atoms with E-state index in [0.717, 1.165) is 4.31 Å². The van der Waals surface area contributed by atoms with Crippen molar-refractivity contribution >= 4 is 21.7 Å². The number of esters is 1. The topological polar surface area (TPSA) is 91.4 Å². The van der Waals surface area contributed by atoms with Crippen molar-refractivity contribution in [2.75, 3.05) is 32.2 Å². The average Bonchev–Trinajstić information content (AvgIpc) is 2.71. The molecule has 9 heteroatoms. The number of nitrogens with zero attached hydrogens (tertiary/aromatic N) is 1. The molecule has 144 valence electrons. The van der Waals surface area contributed by atoms with E-state index in [2.05, 4.69) is 0 Å². The monoisotopic (exact) mass is 393 g/mol. The highest BCUT2D eigenvalue weighted by Crippen LogP contribution is 2.38. The van der Waals surface area contributed by atoms with E-state index in [0.29, 0.717) is 11.4 Å². The van der Waals surface area contributed by atoms with Gasteiger partial charge in [-0.25, -0.2) is 13.2 Å². The van der Waals surface area contributed by atoms with Gasteiger partial charge in [0.05, 0.1) is 38.5 Å². The van der Waals surface area contributed by atoms with Crippen molar-refractivity contribution < 1.29 is 32.2 Å². The zero-order valence-electron chi connectivity index (χ0n) is 15.0. The molecule has 1 heterocycles. The number of benzene rings is 2. The summed E-state index contributed by atoms with van der Waals surface area (Å²) in [4.78, 5) is 12.0. The summed E-state index contributed by atoms with van der Waals surface area (Å²) in [7, 11) is 0.110. The molecule has 0 saturated carbocycles. The van der Waals surface area contributed by atoms with Gasteiger partial charge in [-0.15, -0.1) is 0 Å². The van der Waals surface area contributed by atoms with E-state index in [1.54, 1.807) is 24.3 Å². The van der Waals surface area contributed by atoms with Gasteiger partial charge in [0, 0.05) is 6.07 Å². The zero-order valence-corrected chi connectivity index (χ0v) is 15.9. The molecule has 1 atom stereocenters. The number of ether oxygens (including phenoxy) is 4. The first kappa shape index (κ1) is 18.8. The number of anilines is 1. The summed E-state index contributed by atoms with van der Waals surface area (Å²) in [6, 6.07) is 10.9. The highest BCUT2D eigenvalue weighted by molar-refractivity contribution is 7.92. The van der Waals surface area contributed by atoms with Gasteiger partial charge in [0.2, 0.25) is 6.10 Å². The minimum Gasteiger partial charge on any atom is -0.493 e. The number of rotatable bonds is 5. The van der Waals surface area contributed by atoms with Crippen LogP contribution in [0.5, 0.6) is 17.2 Å². The van der Waals surface area contributed by atoms with Gasteiger partial charge in [-0.05, 0) is 24.3 Å². The van der Waals surface area contributed by atoms with Crippen LogP contribution in [0, 0.1) is 0 Å². The summed E-state index contributed by atoms with van der Waals surface area (Å²) >= 11 is 0. The molecule has 27 heavy (non-hydrogen) atoms. The van der Waals surface area contributed by atoms with Crippen LogP contribution < -0.4 is 18.5 Å². The fourth-order valence-electron chi connectivity index (χ4n) is 2.79. The Kier molecular flexibility index (Phi) is 5.13. The Bertz CT molecular complexity index is 958. The van der Waals surface area contributed by atoms with Gasteiger partial charge in [0.25, 0.3) is 10.0 Å². The number of hydrogen-bond donors (Lipinski definition) is 0. The minimum absolute atomic E-state index is 0.000434. The number of para-hydroxylation sites is 2. The highest BCUT2D eigenvalue weighted by atomic mass is 32.2. The quantitative estimate of drug-likeness (QED) is 0.716. The first-order chi connectivity index (χ1) is 12.9. The molecule has 0 aromatic heterocycles. The van der Waals surface area contributed by atoms with E-state index in [-0.39, 0.29) is 22.9 Å². The molecule has 0 spiro atoms. The number of fused-ring (bicyclic) bond motifs is 1. The third kappa shape index (κ3) is 3.37. The zero-order chi connectivity index (χ0) is 19.6.